The van der Waals surface area contributed by atoms with Crippen molar-refractivity contribution >= 4 is 22.8 Å². The summed E-state index contributed by atoms with van der Waals surface area (Å²) >= 11 is 0. The summed E-state index contributed by atoms with van der Waals surface area (Å²) in [6.07, 6.45) is 0. The van der Waals surface area contributed by atoms with Crippen molar-refractivity contribution in [1.29, 1.82) is 0 Å². The van der Waals surface area contributed by atoms with Gasteiger partial charge in [-0.3, -0.25) is 4.79 Å². The number of hydrogen-bond donors (Lipinski definition) is 0. The van der Waals surface area contributed by atoms with Crippen LogP contribution in [0, 0.1) is 6.92 Å². The van der Waals surface area contributed by atoms with E-state index in [4.69, 9.17) is 14.7 Å². The van der Waals surface area contributed by atoms with Crippen LogP contribution < -0.4 is 15.2 Å². The zero-order chi connectivity index (χ0) is 21.3. The van der Waals surface area contributed by atoms with Gasteiger partial charge in [0.15, 0.2) is 5.82 Å². The van der Waals surface area contributed by atoms with E-state index in [-0.39, 0.29) is 11.5 Å². The van der Waals surface area contributed by atoms with Crippen molar-refractivity contribution in [1.82, 2.24) is 9.66 Å². The Morgan fingerprint density at radius 1 is 1.21 bits per heavy atom. The molecule has 2 heterocycles. The fourth-order valence-electron chi connectivity index (χ4n) is 3.57. The number of aliphatic imine (C=N–C) groups is 1. The van der Waals surface area contributed by atoms with Gasteiger partial charge in [-0.05, 0) is 45.7 Å². The van der Waals surface area contributed by atoms with Gasteiger partial charge in [0.25, 0.3) is 5.56 Å². The number of hydrogen-bond acceptors (Lipinski definition) is 6. The van der Waals surface area contributed by atoms with Gasteiger partial charge in [-0.15, -0.1) is 0 Å². The van der Waals surface area contributed by atoms with E-state index in [0.717, 1.165) is 24.5 Å². The molecule has 0 spiro atoms. The van der Waals surface area contributed by atoms with Crippen LogP contribution in [-0.2, 0) is 0 Å². The first-order chi connectivity index (χ1) is 13.8. The lowest BCUT2D eigenvalue weighted by Gasteiger charge is -2.22. The molecule has 3 rings (SSSR count). The molecule has 1 aliphatic rings. The Labute approximate surface area is 171 Å². The Balaban J connectivity index is 2.14. The minimum atomic E-state index is -0.146. The van der Waals surface area contributed by atoms with Gasteiger partial charge in [-0.25, -0.2) is 9.98 Å². The largest absolute Gasteiger partial charge is 0.494 e. The van der Waals surface area contributed by atoms with Crippen molar-refractivity contribution in [2.45, 2.75) is 47.5 Å². The van der Waals surface area contributed by atoms with Gasteiger partial charge in [-0.1, -0.05) is 13.8 Å². The molecule has 0 saturated heterocycles. The van der Waals surface area contributed by atoms with Gasteiger partial charge < -0.3 is 9.64 Å². The van der Waals surface area contributed by atoms with Crippen LogP contribution in [-0.4, -0.2) is 41.3 Å². The first-order valence-corrected chi connectivity index (χ1v) is 10.0. The highest BCUT2D eigenvalue weighted by Crippen LogP contribution is 2.33. The lowest BCUT2D eigenvalue weighted by atomic mass is 10.1. The molecule has 0 unspecified atom stereocenters. The van der Waals surface area contributed by atoms with Crippen molar-refractivity contribution < 1.29 is 4.74 Å². The summed E-state index contributed by atoms with van der Waals surface area (Å²) in [4.78, 5) is 24.5. The summed E-state index contributed by atoms with van der Waals surface area (Å²) < 4.78 is 6.95. The summed E-state index contributed by atoms with van der Waals surface area (Å²) in [5.74, 6) is 1.29. The zero-order valence-corrected chi connectivity index (χ0v) is 18.3. The van der Waals surface area contributed by atoms with Gasteiger partial charge in [-0.2, -0.15) is 9.78 Å². The number of fused-ring (bicyclic) bond motifs is 1. The molecule has 0 atom stereocenters. The zero-order valence-electron chi connectivity index (χ0n) is 18.3. The predicted molar refractivity (Wildman–Crippen MR) is 119 cm³/mol. The van der Waals surface area contributed by atoms with E-state index in [1.165, 1.54) is 4.68 Å². The lowest BCUT2D eigenvalue weighted by molar-refractivity contribution is 0.416. The third-order valence-electron chi connectivity index (χ3n) is 5.20. The maximum Gasteiger partial charge on any atom is 0.277 e. The number of anilines is 1. The summed E-state index contributed by atoms with van der Waals surface area (Å²) in [5.41, 5.74) is 4.28. The molecule has 154 valence electrons. The van der Waals surface area contributed by atoms with Crippen LogP contribution >= 0.6 is 0 Å². The van der Waals surface area contributed by atoms with Crippen molar-refractivity contribution in [2.75, 3.05) is 25.1 Å². The van der Waals surface area contributed by atoms with Gasteiger partial charge in [0, 0.05) is 30.4 Å². The van der Waals surface area contributed by atoms with Crippen LogP contribution in [0.4, 0.5) is 11.4 Å². The van der Waals surface area contributed by atoms with Crippen LogP contribution in [0.3, 0.4) is 0 Å². The normalized spacial score (nSPS) is 14.3. The number of nitrogens with zero attached hydrogens (tertiary/aromatic N) is 5. The van der Waals surface area contributed by atoms with Crippen LogP contribution in [0.5, 0.6) is 5.75 Å². The molecular weight excluding hydrogens is 366 g/mol. The molecule has 7 heteroatoms. The molecule has 7 nitrogen and oxygen atoms in total. The Kier molecular flexibility index (Phi) is 5.86. The average molecular weight is 396 g/mol. The molecule has 0 fully saturated rings. The Morgan fingerprint density at radius 2 is 1.90 bits per heavy atom. The second-order valence-corrected chi connectivity index (χ2v) is 7.39. The van der Waals surface area contributed by atoms with Gasteiger partial charge in [0.05, 0.1) is 18.5 Å². The first-order valence-electron chi connectivity index (χ1n) is 10.0. The number of methoxy groups -OCH3 is 1. The SMILES string of the molecule is CCN(CC)c1ccc(N=C2C(C)=Nn3c2nc(C(C)C)c(C)c3=O)c(OC)c1. The minimum absolute atomic E-state index is 0.138. The van der Waals surface area contributed by atoms with E-state index >= 15 is 0 Å². The van der Waals surface area contributed by atoms with Crippen LogP contribution in [0.15, 0.2) is 33.1 Å². The Hall–Kier alpha value is -2.96. The molecule has 1 aromatic heterocycles. The molecule has 0 saturated carbocycles. The standard InChI is InChI=1S/C22H29N5O2/c1-8-26(9-2)16-10-11-17(18(12-16)29-7)23-20-15(6)25-27-21(20)24-19(13(3)4)14(5)22(27)28/h10-13H,8-9H2,1-7H3. The Bertz CT molecular complexity index is 1050. The molecule has 1 aromatic carbocycles. The van der Waals surface area contributed by atoms with E-state index in [2.05, 4.69) is 23.8 Å². The number of aromatic nitrogens is 2. The highest BCUT2D eigenvalue weighted by Gasteiger charge is 2.26. The van der Waals surface area contributed by atoms with Crippen molar-refractivity contribution in [2.24, 2.45) is 10.1 Å². The molecule has 0 N–H and O–H groups in total. The second kappa shape index (κ2) is 8.19. The average Bonchev–Trinajstić information content (AvgIpc) is 3.02. The van der Waals surface area contributed by atoms with Crippen molar-refractivity contribution in [3.8, 4) is 5.75 Å². The van der Waals surface area contributed by atoms with E-state index in [0.29, 0.717) is 34.2 Å². The summed E-state index contributed by atoms with van der Waals surface area (Å²) in [7, 11) is 1.64. The lowest BCUT2D eigenvalue weighted by Crippen LogP contribution is -2.26. The minimum Gasteiger partial charge on any atom is -0.494 e. The maximum atomic E-state index is 12.8. The highest BCUT2D eigenvalue weighted by atomic mass is 16.5. The van der Waals surface area contributed by atoms with Gasteiger partial charge in [0.1, 0.15) is 17.1 Å². The van der Waals surface area contributed by atoms with Crippen molar-refractivity contribution in [3.63, 3.8) is 0 Å². The van der Waals surface area contributed by atoms with Gasteiger partial charge >= 0.3 is 0 Å². The molecule has 0 amide bonds. The first kappa shape index (κ1) is 20.8. The van der Waals surface area contributed by atoms with E-state index in [1.54, 1.807) is 14.0 Å². The van der Waals surface area contributed by atoms with E-state index in [9.17, 15) is 4.79 Å². The fourth-order valence-corrected chi connectivity index (χ4v) is 3.57. The van der Waals surface area contributed by atoms with Crippen LogP contribution in [0.2, 0.25) is 0 Å². The summed E-state index contributed by atoms with van der Waals surface area (Å²) in [6, 6.07) is 5.96. The van der Waals surface area contributed by atoms with Crippen LogP contribution in [0.1, 0.15) is 57.6 Å². The van der Waals surface area contributed by atoms with Crippen molar-refractivity contribution in [3.05, 3.63) is 45.6 Å². The summed E-state index contributed by atoms with van der Waals surface area (Å²) in [5, 5.41) is 4.40. The topological polar surface area (TPSA) is 72.1 Å². The Morgan fingerprint density at radius 3 is 2.48 bits per heavy atom. The smallest absolute Gasteiger partial charge is 0.277 e. The monoisotopic (exact) mass is 395 g/mol. The predicted octanol–water partition coefficient (Wildman–Crippen LogP) is 3.89. The molecule has 0 radical (unpaired) electrons. The third-order valence-corrected chi connectivity index (χ3v) is 5.20. The molecule has 29 heavy (non-hydrogen) atoms. The molecule has 0 aliphatic carbocycles. The van der Waals surface area contributed by atoms with E-state index in [1.807, 2.05) is 39.0 Å². The fraction of sp³-hybridized carbons (Fsp3) is 0.455. The number of benzene rings is 1. The number of rotatable bonds is 6. The quantitative estimate of drug-likeness (QED) is 0.744. The second-order valence-electron chi connectivity index (χ2n) is 7.39. The third kappa shape index (κ3) is 3.69. The van der Waals surface area contributed by atoms with Crippen LogP contribution in [0.25, 0.3) is 0 Å². The molecular formula is C22H29N5O2. The molecule has 0 bridgehead atoms. The number of ether oxygens (including phenoxy) is 1. The van der Waals surface area contributed by atoms with E-state index < -0.39 is 0 Å². The molecule has 1 aliphatic heterocycles. The molecule has 2 aromatic rings. The highest BCUT2D eigenvalue weighted by molar-refractivity contribution is 6.48. The maximum absolute atomic E-state index is 12.8. The van der Waals surface area contributed by atoms with Gasteiger partial charge in [0.2, 0.25) is 0 Å². The summed E-state index contributed by atoms with van der Waals surface area (Å²) in [6.45, 7) is 13.8.